The molecule has 1 heterocycles. The molecule has 2 aromatic carbocycles. The Labute approximate surface area is 170 Å². The van der Waals surface area contributed by atoms with E-state index < -0.39 is 0 Å². The van der Waals surface area contributed by atoms with Crippen LogP contribution in [0.4, 0.5) is 5.82 Å². The van der Waals surface area contributed by atoms with Crippen molar-refractivity contribution in [1.82, 2.24) is 15.3 Å². The third-order valence-electron chi connectivity index (χ3n) is 4.63. The van der Waals surface area contributed by atoms with Crippen LogP contribution in [0.2, 0.25) is 0 Å². The van der Waals surface area contributed by atoms with Gasteiger partial charge in [0.05, 0.1) is 12.8 Å². The van der Waals surface area contributed by atoms with E-state index in [-0.39, 0.29) is 5.91 Å². The van der Waals surface area contributed by atoms with Crippen molar-refractivity contribution in [2.75, 3.05) is 26.0 Å². The first-order chi connectivity index (χ1) is 14.1. The van der Waals surface area contributed by atoms with Crippen LogP contribution in [0.15, 0.2) is 54.9 Å². The molecular formula is C22H25N5O2. The molecule has 3 aromatic rings. The number of nitrogens with one attached hydrogen (secondary N) is 2. The van der Waals surface area contributed by atoms with Gasteiger partial charge in [-0.05, 0) is 29.7 Å². The number of benzene rings is 2. The molecule has 1 aromatic heterocycles. The zero-order valence-electron chi connectivity index (χ0n) is 16.6. The summed E-state index contributed by atoms with van der Waals surface area (Å²) in [4.78, 5) is 20.4. The van der Waals surface area contributed by atoms with Crippen molar-refractivity contribution >= 4 is 11.7 Å². The third kappa shape index (κ3) is 5.08. The molecule has 0 aliphatic rings. The van der Waals surface area contributed by atoms with Gasteiger partial charge in [-0.3, -0.25) is 4.79 Å². The maximum Gasteiger partial charge on any atom is 0.251 e. The Morgan fingerprint density at radius 1 is 1.10 bits per heavy atom. The van der Waals surface area contributed by atoms with Gasteiger partial charge in [-0.1, -0.05) is 30.3 Å². The number of nitrogens with zero attached hydrogens (tertiary/aromatic N) is 2. The normalized spacial score (nSPS) is 10.4. The fourth-order valence-corrected chi connectivity index (χ4v) is 2.99. The van der Waals surface area contributed by atoms with Gasteiger partial charge in [-0.2, -0.15) is 0 Å². The van der Waals surface area contributed by atoms with Gasteiger partial charge in [-0.25, -0.2) is 9.97 Å². The molecule has 0 aliphatic carbocycles. The van der Waals surface area contributed by atoms with Gasteiger partial charge in [-0.15, -0.1) is 0 Å². The lowest BCUT2D eigenvalue weighted by Crippen LogP contribution is -2.18. The molecule has 0 saturated heterocycles. The fourth-order valence-electron chi connectivity index (χ4n) is 2.99. The lowest BCUT2D eigenvalue weighted by molar-refractivity contribution is 0.0962. The van der Waals surface area contributed by atoms with Crippen molar-refractivity contribution in [3.05, 3.63) is 71.5 Å². The second-order valence-electron chi connectivity index (χ2n) is 6.47. The maximum absolute atomic E-state index is 11.8. The first kappa shape index (κ1) is 20.3. The number of carbonyl (C=O) groups excluding carboxylic acids is 1. The minimum absolute atomic E-state index is 0.138. The lowest BCUT2D eigenvalue weighted by Gasteiger charge is -2.11. The van der Waals surface area contributed by atoms with E-state index in [1.807, 2.05) is 36.4 Å². The number of anilines is 1. The van der Waals surface area contributed by atoms with E-state index in [9.17, 15) is 4.79 Å². The van der Waals surface area contributed by atoms with E-state index in [4.69, 9.17) is 10.5 Å². The quantitative estimate of drug-likeness (QED) is 0.546. The molecule has 7 heteroatoms. The molecule has 0 unspecified atom stereocenters. The summed E-state index contributed by atoms with van der Waals surface area (Å²) in [5, 5.41) is 5.93. The van der Waals surface area contributed by atoms with Crippen LogP contribution >= 0.6 is 0 Å². The minimum Gasteiger partial charge on any atom is -0.496 e. The van der Waals surface area contributed by atoms with Gasteiger partial charge in [0.15, 0.2) is 0 Å². The predicted molar refractivity (Wildman–Crippen MR) is 114 cm³/mol. The average molecular weight is 391 g/mol. The van der Waals surface area contributed by atoms with Crippen LogP contribution in [0.5, 0.6) is 5.75 Å². The highest BCUT2D eigenvalue weighted by molar-refractivity contribution is 5.94. The van der Waals surface area contributed by atoms with Gasteiger partial charge >= 0.3 is 0 Å². The van der Waals surface area contributed by atoms with E-state index in [1.165, 1.54) is 0 Å². The molecule has 0 fully saturated rings. The Bertz CT molecular complexity index is 973. The minimum atomic E-state index is -0.138. The van der Waals surface area contributed by atoms with E-state index >= 15 is 0 Å². The Morgan fingerprint density at radius 2 is 1.90 bits per heavy atom. The van der Waals surface area contributed by atoms with Gasteiger partial charge < -0.3 is 21.1 Å². The molecule has 0 atom stereocenters. The predicted octanol–water partition coefficient (Wildman–Crippen LogP) is 2.63. The van der Waals surface area contributed by atoms with Crippen molar-refractivity contribution in [1.29, 1.82) is 0 Å². The van der Waals surface area contributed by atoms with Gasteiger partial charge in [0.2, 0.25) is 0 Å². The maximum atomic E-state index is 11.8. The Morgan fingerprint density at radius 3 is 2.59 bits per heavy atom. The number of methoxy groups -OCH3 is 1. The fraction of sp³-hybridized carbons (Fsp3) is 0.227. The summed E-state index contributed by atoms with van der Waals surface area (Å²) in [5.41, 5.74) is 10.2. The molecule has 7 nitrogen and oxygen atoms in total. The molecule has 0 saturated carbocycles. The number of rotatable bonds is 8. The third-order valence-corrected chi connectivity index (χ3v) is 4.63. The average Bonchev–Trinajstić information content (AvgIpc) is 2.79. The smallest absolute Gasteiger partial charge is 0.251 e. The molecule has 0 aliphatic heterocycles. The van der Waals surface area contributed by atoms with Crippen molar-refractivity contribution in [3.63, 3.8) is 0 Å². The second-order valence-corrected chi connectivity index (χ2v) is 6.47. The van der Waals surface area contributed by atoms with Crippen molar-refractivity contribution in [3.8, 4) is 17.0 Å². The number of amides is 1. The molecular weight excluding hydrogens is 366 g/mol. The summed E-state index contributed by atoms with van der Waals surface area (Å²) < 4.78 is 5.44. The SMILES string of the molecule is CNC(=O)c1ccc(CCNc2cc(-c3ccc(CN)cc3)ncn2)c(OC)c1. The Balaban J connectivity index is 1.65. The number of carbonyl (C=O) groups is 1. The van der Waals surface area contributed by atoms with Crippen LogP contribution in [0.25, 0.3) is 11.3 Å². The number of aromatic nitrogens is 2. The second kappa shape index (κ2) is 9.66. The van der Waals surface area contributed by atoms with Gasteiger partial charge in [0, 0.05) is 37.3 Å². The summed E-state index contributed by atoms with van der Waals surface area (Å²) in [6.45, 7) is 1.18. The molecule has 0 bridgehead atoms. The van der Waals surface area contributed by atoms with Crippen LogP contribution < -0.4 is 21.1 Å². The van der Waals surface area contributed by atoms with Gasteiger partial charge in [0.25, 0.3) is 5.91 Å². The zero-order chi connectivity index (χ0) is 20.6. The highest BCUT2D eigenvalue weighted by Gasteiger charge is 2.09. The van der Waals surface area contributed by atoms with Crippen molar-refractivity contribution in [2.24, 2.45) is 5.73 Å². The topological polar surface area (TPSA) is 102 Å². The first-order valence-corrected chi connectivity index (χ1v) is 9.39. The number of ether oxygens (including phenoxy) is 1. The number of hydrogen-bond acceptors (Lipinski definition) is 6. The standard InChI is InChI=1S/C22H25N5O2/c1-24-22(28)18-8-7-17(20(11-18)29-2)9-10-25-21-12-19(26-14-27-21)16-5-3-15(13-23)4-6-16/h3-8,11-12,14H,9-10,13,23H2,1-2H3,(H,24,28)(H,25,26,27). The number of nitrogens with two attached hydrogens (primary N) is 1. The zero-order valence-corrected chi connectivity index (χ0v) is 16.6. The largest absolute Gasteiger partial charge is 0.496 e. The summed E-state index contributed by atoms with van der Waals surface area (Å²) in [6.07, 6.45) is 2.27. The molecule has 29 heavy (non-hydrogen) atoms. The molecule has 4 N–H and O–H groups in total. The van der Waals surface area contributed by atoms with E-state index in [2.05, 4.69) is 20.6 Å². The van der Waals surface area contributed by atoms with Crippen molar-refractivity contribution < 1.29 is 9.53 Å². The summed E-state index contributed by atoms with van der Waals surface area (Å²) in [6, 6.07) is 15.4. The van der Waals surface area contributed by atoms with Crippen LogP contribution in [-0.2, 0) is 13.0 Å². The number of hydrogen-bond donors (Lipinski definition) is 3. The first-order valence-electron chi connectivity index (χ1n) is 9.39. The summed E-state index contributed by atoms with van der Waals surface area (Å²) in [5.74, 6) is 1.30. The van der Waals surface area contributed by atoms with E-state index in [1.54, 1.807) is 32.6 Å². The molecule has 0 spiro atoms. The van der Waals surface area contributed by atoms with Gasteiger partial charge in [0.1, 0.15) is 17.9 Å². The highest BCUT2D eigenvalue weighted by Crippen LogP contribution is 2.22. The van der Waals surface area contributed by atoms with E-state index in [0.717, 1.165) is 34.6 Å². The van der Waals surface area contributed by atoms with Crippen molar-refractivity contribution in [2.45, 2.75) is 13.0 Å². The summed E-state index contributed by atoms with van der Waals surface area (Å²) >= 11 is 0. The monoisotopic (exact) mass is 391 g/mol. The highest BCUT2D eigenvalue weighted by atomic mass is 16.5. The molecule has 150 valence electrons. The van der Waals surface area contributed by atoms with Crippen LogP contribution in [0.3, 0.4) is 0 Å². The lowest BCUT2D eigenvalue weighted by atomic mass is 10.1. The van der Waals surface area contributed by atoms with Crippen LogP contribution in [0.1, 0.15) is 21.5 Å². The summed E-state index contributed by atoms with van der Waals surface area (Å²) in [7, 11) is 3.21. The Kier molecular flexibility index (Phi) is 6.76. The van der Waals surface area contributed by atoms with Crippen LogP contribution in [-0.4, -0.2) is 36.6 Å². The van der Waals surface area contributed by atoms with E-state index in [0.29, 0.717) is 24.4 Å². The molecule has 0 radical (unpaired) electrons. The molecule has 3 rings (SSSR count). The van der Waals surface area contributed by atoms with Crippen LogP contribution in [0, 0.1) is 0 Å². The molecule has 1 amide bonds. The Hall–Kier alpha value is -3.45.